The molecule has 0 bridgehead atoms. The van der Waals surface area contributed by atoms with E-state index in [1.165, 1.54) is 25.7 Å². The smallest absolute Gasteiger partial charge is 0.462 e. The summed E-state index contributed by atoms with van der Waals surface area (Å²) in [6, 6.07) is 0. The Morgan fingerprint density at radius 1 is 0.582 bits per heavy atom. The lowest BCUT2D eigenvalue weighted by atomic mass is 10.1. The van der Waals surface area contributed by atoms with Gasteiger partial charge in [0.15, 0.2) is 6.10 Å². The number of carbonyl (C=O) groups is 2. The predicted molar refractivity (Wildman–Crippen MR) is 223 cm³/mol. The SMILES string of the molecule is CC/C=C/C=C/C=C/C=C/CCCCCCCC(=O)O[C@H](COC(=O)CCCCCC/C=C/C/C=C/C/C=C/CCCCC)COP(=O)(O)OC[C@@H](O)CO. The van der Waals surface area contributed by atoms with Crippen molar-refractivity contribution < 1.29 is 47.8 Å². The number of hydrogen-bond donors (Lipinski definition) is 3. The highest BCUT2D eigenvalue weighted by Crippen LogP contribution is 2.43. The predicted octanol–water partition coefficient (Wildman–Crippen LogP) is 10.7. The van der Waals surface area contributed by atoms with Gasteiger partial charge in [-0.1, -0.05) is 144 Å². The zero-order valence-corrected chi connectivity index (χ0v) is 34.7. The van der Waals surface area contributed by atoms with Crippen LogP contribution in [0.25, 0.3) is 0 Å². The lowest BCUT2D eigenvalue weighted by Crippen LogP contribution is -2.29. The highest BCUT2D eigenvalue weighted by molar-refractivity contribution is 7.47. The molecule has 0 aromatic heterocycles. The Labute approximate surface area is 332 Å². The van der Waals surface area contributed by atoms with E-state index >= 15 is 0 Å². The monoisotopic (exact) mass is 792 g/mol. The number of esters is 2. The van der Waals surface area contributed by atoms with E-state index < -0.39 is 51.8 Å². The first kappa shape index (κ1) is 52.2. The van der Waals surface area contributed by atoms with Crippen molar-refractivity contribution in [3.05, 3.63) is 85.1 Å². The van der Waals surface area contributed by atoms with Gasteiger partial charge in [-0.25, -0.2) is 4.57 Å². The quantitative estimate of drug-likeness (QED) is 0.0182. The van der Waals surface area contributed by atoms with Gasteiger partial charge in [-0.2, -0.15) is 0 Å². The van der Waals surface area contributed by atoms with Crippen LogP contribution in [0.5, 0.6) is 0 Å². The Kier molecular flexibility index (Phi) is 37.3. The number of aliphatic hydroxyl groups excluding tert-OH is 2. The average molecular weight is 793 g/mol. The number of carbonyl (C=O) groups excluding carboxylic acids is 2. The van der Waals surface area contributed by atoms with Crippen LogP contribution in [0.15, 0.2) is 85.1 Å². The molecule has 3 atom stereocenters. The summed E-state index contributed by atoms with van der Waals surface area (Å²) in [5.41, 5.74) is 0. The molecule has 0 amide bonds. The highest BCUT2D eigenvalue weighted by Gasteiger charge is 2.27. The zero-order chi connectivity index (χ0) is 40.5. The molecule has 3 N–H and O–H groups in total. The Balaban J connectivity index is 4.43. The lowest BCUT2D eigenvalue weighted by Gasteiger charge is -2.20. The maximum Gasteiger partial charge on any atom is 0.472 e. The summed E-state index contributed by atoms with van der Waals surface area (Å²) in [4.78, 5) is 34.9. The van der Waals surface area contributed by atoms with E-state index in [0.29, 0.717) is 12.8 Å². The second-order valence-corrected chi connectivity index (χ2v) is 14.8. The van der Waals surface area contributed by atoms with Gasteiger partial charge in [0.25, 0.3) is 0 Å². The van der Waals surface area contributed by atoms with Crippen LogP contribution in [-0.2, 0) is 32.7 Å². The molecule has 0 aliphatic carbocycles. The Bertz CT molecular complexity index is 1190. The number of ether oxygens (including phenoxy) is 2. The molecule has 11 heteroatoms. The topological polar surface area (TPSA) is 149 Å². The third-order valence-electron chi connectivity index (χ3n) is 8.13. The second-order valence-electron chi connectivity index (χ2n) is 13.4. The summed E-state index contributed by atoms with van der Waals surface area (Å²) in [5.74, 6) is -0.987. The molecule has 10 nitrogen and oxygen atoms in total. The Hall–Kier alpha value is -2.85. The lowest BCUT2D eigenvalue weighted by molar-refractivity contribution is -0.161. The minimum atomic E-state index is -4.63. The van der Waals surface area contributed by atoms with Crippen LogP contribution in [0, 0.1) is 0 Å². The summed E-state index contributed by atoms with van der Waals surface area (Å²) < 4.78 is 32.6. The number of phosphoric ester groups is 1. The van der Waals surface area contributed by atoms with Crippen LogP contribution < -0.4 is 0 Å². The molecular formula is C44H73O10P. The van der Waals surface area contributed by atoms with Crippen LogP contribution in [-0.4, -0.2) is 65.7 Å². The number of allylic oxidation sites excluding steroid dienone is 14. The molecule has 0 spiro atoms. The summed E-state index contributed by atoms with van der Waals surface area (Å²) in [6.45, 7) is 2.13. The van der Waals surface area contributed by atoms with Crippen molar-refractivity contribution >= 4 is 19.8 Å². The third kappa shape index (κ3) is 39.2. The first-order valence-electron chi connectivity index (χ1n) is 20.6. The minimum absolute atomic E-state index is 0.148. The molecule has 0 saturated carbocycles. The molecule has 0 aromatic carbocycles. The van der Waals surface area contributed by atoms with Crippen molar-refractivity contribution in [1.29, 1.82) is 0 Å². The number of rotatable bonds is 37. The fourth-order valence-corrected chi connectivity index (χ4v) is 5.74. The number of aliphatic hydroxyl groups is 2. The highest BCUT2D eigenvalue weighted by atomic mass is 31.2. The summed E-state index contributed by atoms with van der Waals surface area (Å²) in [6.07, 6.45) is 45.4. The maximum absolute atomic E-state index is 12.6. The van der Waals surface area contributed by atoms with Gasteiger partial charge < -0.3 is 24.6 Å². The number of phosphoric acid groups is 1. The van der Waals surface area contributed by atoms with Crippen LogP contribution in [0.2, 0.25) is 0 Å². The minimum Gasteiger partial charge on any atom is -0.462 e. The van der Waals surface area contributed by atoms with Gasteiger partial charge >= 0.3 is 19.8 Å². The fraction of sp³-hybridized carbons (Fsp3) is 0.636. The maximum atomic E-state index is 12.6. The van der Waals surface area contributed by atoms with Crippen molar-refractivity contribution in [1.82, 2.24) is 0 Å². The van der Waals surface area contributed by atoms with Gasteiger partial charge in [-0.15, -0.1) is 0 Å². The molecule has 0 aromatic rings. The van der Waals surface area contributed by atoms with Crippen molar-refractivity contribution in [2.24, 2.45) is 0 Å². The molecule has 55 heavy (non-hydrogen) atoms. The molecule has 0 aliphatic heterocycles. The van der Waals surface area contributed by atoms with Gasteiger partial charge in [-0.05, 0) is 70.6 Å². The molecule has 0 heterocycles. The molecule has 0 fully saturated rings. The standard InChI is InChI=1S/C44H73O10P/c1-3-5-7-9-11-13-15-17-19-20-22-23-25-27-29-31-33-35-43(47)51-39-42(40-53-55(49,50)52-38-41(46)37-45)54-44(48)36-34-32-30-28-26-24-21-18-16-14-12-10-8-6-4-2/h6,8,10-14,16-19,21-23,41-42,45-46H,3-5,7,9,15,20,24-40H2,1-2H3,(H,49,50)/b8-6+,12-10+,13-11+,16-14+,19-17+,21-18+,23-22+/t41-,42+/m0/s1. The van der Waals surface area contributed by atoms with Crippen LogP contribution in [0.4, 0.5) is 0 Å². The van der Waals surface area contributed by atoms with Gasteiger partial charge in [0, 0.05) is 12.8 Å². The van der Waals surface area contributed by atoms with E-state index in [9.17, 15) is 24.2 Å². The normalized spacial score (nSPS) is 14.8. The second kappa shape index (κ2) is 39.4. The first-order valence-corrected chi connectivity index (χ1v) is 22.1. The molecule has 314 valence electrons. The van der Waals surface area contributed by atoms with E-state index in [1.54, 1.807) is 0 Å². The average Bonchev–Trinajstić information content (AvgIpc) is 3.17. The van der Waals surface area contributed by atoms with Gasteiger partial charge in [0.2, 0.25) is 0 Å². The summed E-state index contributed by atoms with van der Waals surface area (Å²) in [7, 11) is -4.63. The molecule has 1 unspecified atom stereocenters. The first-order chi connectivity index (χ1) is 26.7. The van der Waals surface area contributed by atoms with Crippen molar-refractivity contribution in [3.8, 4) is 0 Å². The number of hydrogen-bond acceptors (Lipinski definition) is 9. The molecular weight excluding hydrogens is 719 g/mol. The van der Waals surface area contributed by atoms with E-state index in [-0.39, 0.29) is 19.4 Å². The van der Waals surface area contributed by atoms with Crippen molar-refractivity contribution in [3.63, 3.8) is 0 Å². The van der Waals surface area contributed by atoms with E-state index in [2.05, 4.69) is 67.0 Å². The van der Waals surface area contributed by atoms with Gasteiger partial charge in [0.1, 0.15) is 12.7 Å². The zero-order valence-electron chi connectivity index (χ0n) is 33.9. The van der Waals surface area contributed by atoms with Crippen molar-refractivity contribution in [2.75, 3.05) is 26.4 Å². The van der Waals surface area contributed by atoms with E-state index in [4.69, 9.17) is 19.1 Å². The largest absolute Gasteiger partial charge is 0.472 e. The van der Waals surface area contributed by atoms with E-state index in [0.717, 1.165) is 77.0 Å². The van der Waals surface area contributed by atoms with Crippen LogP contribution >= 0.6 is 7.82 Å². The van der Waals surface area contributed by atoms with Gasteiger partial charge in [-0.3, -0.25) is 18.6 Å². The Morgan fingerprint density at radius 2 is 1.07 bits per heavy atom. The third-order valence-corrected chi connectivity index (χ3v) is 9.08. The van der Waals surface area contributed by atoms with Crippen LogP contribution in [0.3, 0.4) is 0 Å². The Morgan fingerprint density at radius 3 is 1.67 bits per heavy atom. The summed E-state index contributed by atoms with van der Waals surface area (Å²) in [5, 5.41) is 18.3. The van der Waals surface area contributed by atoms with E-state index in [1.807, 2.05) is 36.5 Å². The van der Waals surface area contributed by atoms with Crippen LogP contribution in [0.1, 0.15) is 142 Å². The molecule has 0 radical (unpaired) electrons. The number of unbranched alkanes of at least 4 members (excludes halogenated alkanes) is 12. The molecule has 0 saturated heterocycles. The summed E-state index contributed by atoms with van der Waals surface area (Å²) >= 11 is 0. The van der Waals surface area contributed by atoms with Crippen molar-refractivity contribution in [2.45, 2.75) is 154 Å². The van der Waals surface area contributed by atoms with Gasteiger partial charge in [0.05, 0.1) is 19.8 Å². The molecule has 0 aliphatic rings. The molecule has 0 rings (SSSR count). The fourth-order valence-electron chi connectivity index (χ4n) is 4.95.